The van der Waals surface area contributed by atoms with Gasteiger partial charge in [0.15, 0.2) is 0 Å². The molecule has 126 valence electrons. The molecule has 0 spiro atoms. The molecule has 0 aromatic heterocycles. The summed E-state index contributed by atoms with van der Waals surface area (Å²) in [5.74, 6) is 2.61. The molecule has 1 saturated heterocycles. The first-order valence-electron chi connectivity index (χ1n) is 7.23. The molecule has 0 amide bonds. The molecule has 1 fully saturated rings. The van der Waals surface area contributed by atoms with Gasteiger partial charge in [-0.15, -0.1) is 23.5 Å². The molecule has 0 atom stereocenters. The van der Waals surface area contributed by atoms with E-state index in [9.17, 15) is 8.42 Å². The van der Waals surface area contributed by atoms with E-state index in [1.54, 1.807) is 36.4 Å². The van der Waals surface area contributed by atoms with Gasteiger partial charge in [-0.1, -0.05) is 35.9 Å². The Kier molecular flexibility index (Phi) is 5.81. The van der Waals surface area contributed by atoms with Gasteiger partial charge in [-0.2, -0.15) is 8.42 Å². The lowest BCUT2D eigenvalue weighted by molar-refractivity contribution is 0.497. The molecule has 3 nitrogen and oxygen atoms in total. The molecule has 7 heteroatoms. The van der Waals surface area contributed by atoms with Crippen LogP contribution in [0.15, 0.2) is 53.9 Å². The highest BCUT2D eigenvalue weighted by Crippen LogP contribution is 2.45. The molecule has 0 aliphatic carbocycles. The third-order valence-corrected chi connectivity index (χ3v) is 7.53. The lowest BCUT2D eigenvalue weighted by Gasteiger charge is -2.09. The minimum atomic E-state index is -3.80. The first-order valence-corrected chi connectivity index (χ1v) is 11.2. The van der Waals surface area contributed by atoms with E-state index in [-0.39, 0.29) is 0 Å². The van der Waals surface area contributed by atoms with E-state index in [2.05, 4.69) is 0 Å². The minimum Gasteiger partial charge on any atom is -0.379 e. The first kappa shape index (κ1) is 17.7. The number of thioether (sulfide) groups is 2. The van der Waals surface area contributed by atoms with Crippen LogP contribution >= 0.6 is 35.1 Å². The average molecular weight is 399 g/mol. The average Bonchev–Trinajstić information content (AvgIpc) is 3.09. The Hall–Kier alpha value is -1.08. The van der Waals surface area contributed by atoms with Gasteiger partial charge in [0.1, 0.15) is 5.75 Å². The Balaban J connectivity index is 1.66. The standard InChI is InChI=1S/C17H15ClO3S3/c18-15-5-1-13(2-6-15)9-12-24(19,20)21-16-7-3-14(4-8-16)17-22-10-11-23-17/h1-9,12,17H,10-11H2/b12-9+. The normalized spacial score (nSPS) is 15.9. The molecule has 2 aromatic carbocycles. The molecule has 1 aliphatic heterocycles. The van der Waals surface area contributed by atoms with Gasteiger partial charge in [0.05, 0.1) is 9.99 Å². The molecule has 0 bridgehead atoms. The van der Waals surface area contributed by atoms with Crippen LogP contribution in [-0.2, 0) is 10.1 Å². The second kappa shape index (κ2) is 7.87. The van der Waals surface area contributed by atoms with Crippen molar-refractivity contribution in [2.45, 2.75) is 4.58 Å². The Bertz CT molecular complexity index is 809. The molecule has 0 unspecified atom stereocenters. The van der Waals surface area contributed by atoms with Crippen molar-refractivity contribution in [1.29, 1.82) is 0 Å². The highest BCUT2D eigenvalue weighted by atomic mass is 35.5. The lowest BCUT2D eigenvalue weighted by atomic mass is 10.2. The zero-order valence-corrected chi connectivity index (χ0v) is 15.8. The highest BCUT2D eigenvalue weighted by Gasteiger charge is 2.18. The third kappa shape index (κ3) is 4.96. The van der Waals surface area contributed by atoms with Crippen molar-refractivity contribution < 1.29 is 12.6 Å². The maximum absolute atomic E-state index is 12.0. The molecule has 1 aliphatic rings. The zero-order valence-electron chi connectivity index (χ0n) is 12.6. The van der Waals surface area contributed by atoms with E-state index in [0.717, 1.165) is 22.5 Å². The van der Waals surface area contributed by atoms with E-state index >= 15 is 0 Å². The van der Waals surface area contributed by atoms with Crippen LogP contribution < -0.4 is 4.18 Å². The van der Waals surface area contributed by atoms with Crippen LogP contribution in [0.4, 0.5) is 0 Å². The molecule has 1 heterocycles. The molecule has 0 saturated carbocycles. The van der Waals surface area contributed by atoms with Crippen molar-refractivity contribution in [2.75, 3.05) is 11.5 Å². The second-order valence-electron chi connectivity index (χ2n) is 5.07. The van der Waals surface area contributed by atoms with Crippen molar-refractivity contribution in [3.05, 3.63) is 70.1 Å². The van der Waals surface area contributed by atoms with Crippen LogP contribution in [-0.4, -0.2) is 19.9 Å². The van der Waals surface area contributed by atoms with E-state index in [4.69, 9.17) is 15.8 Å². The van der Waals surface area contributed by atoms with Gasteiger partial charge in [-0.25, -0.2) is 0 Å². The van der Waals surface area contributed by atoms with Crippen LogP contribution in [0, 0.1) is 0 Å². The largest absolute Gasteiger partial charge is 0.379 e. The Morgan fingerprint density at radius 3 is 2.25 bits per heavy atom. The quantitative estimate of drug-likeness (QED) is 0.647. The smallest absolute Gasteiger partial charge is 0.332 e. The van der Waals surface area contributed by atoms with E-state index in [1.165, 1.54) is 11.6 Å². The maximum atomic E-state index is 12.0. The molecule has 0 N–H and O–H groups in total. The molecular formula is C17H15ClO3S3. The van der Waals surface area contributed by atoms with Crippen LogP contribution in [0.3, 0.4) is 0 Å². The van der Waals surface area contributed by atoms with Crippen molar-refractivity contribution in [3.63, 3.8) is 0 Å². The van der Waals surface area contributed by atoms with Crippen molar-refractivity contribution in [1.82, 2.24) is 0 Å². The summed E-state index contributed by atoms with van der Waals surface area (Å²) < 4.78 is 29.6. The number of rotatable bonds is 5. The van der Waals surface area contributed by atoms with Gasteiger partial charge in [0, 0.05) is 16.5 Å². The summed E-state index contributed by atoms with van der Waals surface area (Å²) in [6, 6.07) is 14.1. The van der Waals surface area contributed by atoms with Gasteiger partial charge in [0.25, 0.3) is 0 Å². The fourth-order valence-corrected chi connectivity index (χ4v) is 5.87. The van der Waals surface area contributed by atoms with Gasteiger partial charge in [-0.05, 0) is 41.5 Å². The highest BCUT2D eigenvalue weighted by molar-refractivity contribution is 8.19. The Labute approximate surface area is 155 Å². The predicted octanol–water partition coefficient (Wildman–Crippen LogP) is 5.20. The van der Waals surface area contributed by atoms with Gasteiger partial charge in [0.2, 0.25) is 0 Å². The minimum absolute atomic E-state index is 0.313. The molecule has 2 aromatic rings. The van der Waals surface area contributed by atoms with Crippen LogP contribution in [0.25, 0.3) is 6.08 Å². The first-order chi connectivity index (χ1) is 11.5. The Morgan fingerprint density at radius 1 is 1.00 bits per heavy atom. The summed E-state index contributed by atoms with van der Waals surface area (Å²) in [5, 5.41) is 1.65. The van der Waals surface area contributed by atoms with E-state index in [1.807, 2.05) is 35.7 Å². The van der Waals surface area contributed by atoms with E-state index < -0.39 is 10.1 Å². The van der Waals surface area contributed by atoms with Crippen LogP contribution in [0.2, 0.25) is 5.02 Å². The summed E-state index contributed by atoms with van der Waals surface area (Å²) >= 11 is 9.61. The molecule has 3 rings (SSSR count). The number of hydrogen-bond donors (Lipinski definition) is 0. The molecule has 0 radical (unpaired) electrons. The van der Waals surface area contributed by atoms with Gasteiger partial charge >= 0.3 is 10.1 Å². The fourth-order valence-electron chi connectivity index (χ4n) is 2.13. The summed E-state index contributed by atoms with van der Waals surface area (Å²) in [7, 11) is -3.80. The Morgan fingerprint density at radius 2 is 1.62 bits per heavy atom. The van der Waals surface area contributed by atoms with Gasteiger partial charge in [-0.3, -0.25) is 0 Å². The lowest BCUT2D eigenvalue weighted by Crippen LogP contribution is -2.05. The third-order valence-electron chi connectivity index (χ3n) is 3.28. The van der Waals surface area contributed by atoms with Crippen molar-refractivity contribution in [3.8, 4) is 5.75 Å². The van der Waals surface area contributed by atoms with Gasteiger partial charge < -0.3 is 4.18 Å². The summed E-state index contributed by atoms with van der Waals surface area (Å²) in [6.45, 7) is 0. The maximum Gasteiger partial charge on any atom is 0.332 e. The van der Waals surface area contributed by atoms with Crippen LogP contribution in [0.1, 0.15) is 15.7 Å². The zero-order chi connectivity index (χ0) is 17.0. The molecular weight excluding hydrogens is 384 g/mol. The van der Waals surface area contributed by atoms with Crippen LogP contribution in [0.5, 0.6) is 5.75 Å². The molecule has 24 heavy (non-hydrogen) atoms. The second-order valence-corrected chi connectivity index (χ2v) is 9.66. The monoisotopic (exact) mass is 398 g/mol. The summed E-state index contributed by atoms with van der Waals surface area (Å²) in [4.78, 5) is 0. The fraction of sp³-hybridized carbons (Fsp3) is 0.176. The SMILES string of the molecule is O=S(=O)(/C=C/c1ccc(Cl)cc1)Oc1ccc(C2SCCS2)cc1. The van der Waals surface area contributed by atoms with E-state index in [0.29, 0.717) is 15.4 Å². The number of hydrogen-bond acceptors (Lipinski definition) is 5. The summed E-state index contributed by atoms with van der Waals surface area (Å²) in [5.41, 5.74) is 1.92. The number of benzene rings is 2. The number of halogens is 1. The van der Waals surface area contributed by atoms with Crippen molar-refractivity contribution in [2.24, 2.45) is 0 Å². The topological polar surface area (TPSA) is 43.4 Å². The predicted molar refractivity (Wildman–Crippen MR) is 104 cm³/mol. The summed E-state index contributed by atoms with van der Waals surface area (Å²) in [6.07, 6.45) is 1.48. The van der Waals surface area contributed by atoms with Crippen molar-refractivity contribution >= 4 is 51.3 Å².